The summed E-state index contributed by atoms with van der Waals surface area (Å²) in [4.78, 5) is 32.8. The zero-order valence-corrected chi connectivity index (χ0v) is 17.2. The molecular formula is C19H20BrClN4O2. The van der Waals surface area contributed by atoms with E-state index in [9.17, 15) is 9.59 Å². The molecule has 142 valence electrons. The first-order valence-corrected chi connectivity index (χ1v) is 9.75. The van der Waals surface area contributed by atoms with Gasteiger partial charge in [0.05, 0.1) is 16.3 Å². The van der Waals surface area contributed by atoms with Crippen molar-refractivity contribution in [3.63, 3.8) is 0 Å². The Morgan fingerprint density at radius 3 is 2.85 bits per heavy atom. The van der Waals surface area contributed by atoms with Gasteiger partial charge in [0.15, 0.2) is 0 Å². The minimum Gasteiger partial charge on any atom is -0.387 e. The Balaban J connectivity index is 1.73. The number of nitrogens with one attached hydrogen (secondary N) is 1. The minimum absolute atomic E-state index is 0.151. The molecule has 0 aliphatic carbocycles. The smallest absolute Gasteiger partial charge is 0.256 e. The molecule has 0 radical (unpaired) electrons. The first-order valence-electron chi connectivity index (χ1n) is 8.58. The normalized spacial score (nSPS) is 17.6. The number of rotatable bonds is 5. The number of aromatic nitrogens is 1. The van der Waals surface area contributed by atoms with Gasteiger partial charge >= 0.3 is 0 Å². The summed E-state index contributed by atoms with van der Waals surface area (Å²) < 4.78 is 0.819. The standard InChI is InChI=1S/C19H20BrClN4O2/c1-22-18-5-2-13(20)8-17(18)19(27)25-7-6-24(11-16(25)12-26)10-15-4-3-14(21)9-23-15/h2-5,8-9,12,16,22H,6-7,10-11H2,1H3. The lowest BCUT2D eigenvalue weighted by Crippen LogP contribution is -2.55. The van der Waals surface area contributed by atoms with Crippen LogP contribution < -0.4 is 5.32 Å². The van der Waals surface area contributed by atoms with Gasteiger partial charge in [-0.2, -0.15) is 0 Å². The lowest BCUT2D eigenvalue weighted by Gasteiger charge is -2.39. The van der Waals surface area contributed by atoms with Gasteiger partial charge in [0.25, 0.3) is 5.91 Å². The van der Waals surface area contributed by atoms with Gasteiger partial charge in [0.1, 0.15) is 12.3 Å². The number of benzene rings is 1. The number of aldehydes is 1. The molecule has 1 aliphatic heterocycles. The number of halogens is 2. The predicted octanol–water partition coefficient (Wildman–Crippen LogP) is 3.06. The van der Waals surface area contributed by atoms with Gasteiger partial charge in [-0.3, -0.25) is 14.7 Å². The minimum atomic E-state index is -0.498. The second-order valence-corrected chi connectivity index (χ2v) is 7.70. The quantitative estimate of drug-likeness (QED) is 0.708. The number of amides is 1. The van der Waals surface area contributed by atoms with Crippen LogP contribution in [0.15, 0.2) is 41.0 Å². The summed E-state index contributed by atoms with van der Waals surface area (Å²) in [7, 11) is 1.77. The summed E-state index contributed by atoms with van der Waals surface area (Å²) in [5.41, 5.74) is 2.17. The molecule has 1 atom stereocenters. The third-order valence-electron chi connectivity index (χ3n) is 4.58. The maximum atomic E-state index is 13.1. The Hall–Kier alpha value is -1.96. The highest BCUT2D eigenvalue weighted by molar-refractivity contribution is 9.10. The van der Waals surface area contributed by atoms with Gasteiger partial charge < -0.3 is 15.0 Å². The fourth-order valence-corrected chi connectivity index (χ4v) is 3.65. The van der Waals surface area contributed by atoms with E-state index in [4.69, 9.17) is 11.6 Å². The molecule has 3 rings (SSSR count). The molecule has 1 aliphatic rings. The Bertz CT molecular complexity index is 831. The number of carbonyl (C=O) groups is 2. The van der Waals surface area contributed by atoms with Crippen molar-refractivity contribution >= 4 is 45.4 Å². The second-order valence-electron chi connectivity index (χ2n) is 6.34. The molecule has 2 aromatic rings. The average molecular weight is 452 g/mol. The molecule has 6 nitrogen and oxygen atoms in total. The van der Waals surface area contributed by atoms with Crippen LogP contribution in [0.1, 0.15) is 16.1 Å². The second kappa shape index (κ2) is 8.82. The highest BCUT2D eigenvalue weighted by Gasteiger charge is 2.31. The van der Waals surface area contributed by atoms with Crippen molar-refractivity contribution in [3.8, 4) is 0 Å². The largest absolute Gasteiger partial charge is 0.387 e. The van der Waals surface area contributed by atoms with Crippen LogP contribution in [0.25, 0.3) is 0 Å². The van der Waals surface area contributed by atoms with Crippen LogP contribution in [0.5, 0.6) is 0 Å². The Labute approximate surface area is 171 Å². The van der Waals surface area contributed by atoms with Crippen molar-refractivity contribution in [2.75, 3.05) is 32.0 Å². The molecule has 1 aromatic carbocycles. The zero-order valence-electron chi connectivity index (χ0n) is 14.9. The van der Waals surface area contributed by atoms with Crippen LogP contribution in [0.4, 0.5) is 5.69 Å². The van der Waals surface area contributed by atoms with Crippen molar-refractivity contribution in [1.29, 1.82) is 0 Å². The van der Waals surface area contributed by atoms with E-state index in [0.717, 1.165) is 22.1 Å². The van der Waals surface area contributed by atoms with Crippen LogP contribution in [-0.2, 0) is 11.3 Å². The fourth-order valence-electron chi connectivity index (χ4n) is 3.18. The molecule has 0 spiro atoms. The zero-order chi connectivity index (χ0) is 19.4. The van der Waals surface area contributed by atoms with E-state index in [1.807, 2.05) is 18.2 Å². The monoisotopic (exact) mass is 450 g/mol. The number of carbonyl (C=O) groups excluding carboxylic acids is 2. The molecule has 1 amide bonds. The van der Waals surface area contributed by atoms with Crippen molar-refractivity contribution in [1.82, 2.24) is 14.8 Å². The maximum Gasteiger partial charge on any atom is 0.256 e. The van der Waals surface area contributed by atoms with Crippen LogP contribution >= 0.6 is 27.5 Å². The summed E-state index contributed by atoms with van der Waals surface area (Å²) in [6.45, 7) is 2.24. The van der Waals surface area contributed by atoms with Crippen LogP contribution in [-0.4, -0.2) is 59.7 Å². The van der Waals surface area contributed by atoms with E-state index in [1.54, 1.807) is 30.3 Å². The Morgan fingerprint density at radius 1 is 1.37 bits per heavy atom. The lowest BCUT2D eigenvalue weighted by atomic mass is 10.1. The van der Waals surface area contributed by atoms with E-state index < -0.39 is 6.04 Å². The van der Waals surface area contributed by atoms with Gasteiger partial charge in [-0.15, -0.1) is 0 Å². The Morgan fingerprint density at radius 2 is 2.19 bits per heavy atom. The van der Waals surface area contributed by atoms with Crippen molar-refractivity contribution < 1.29 is 9.59 Å². The third kappa shape index (κ3) is 4.66. The van der Waals surface area contributed by atoms with Crippen LogP contribution in [0.3, 0.4) is 0 Å². The van der Waals surface area contributed by atoms with Gasteiger partial charge in [0.2, 0.25) is 0 Å². The highest BCUT2D eigenvalue weighted by Crippen LogP contribution is 2.24. The van der Waals surface area contributed by atoms with E-state index in [2.05, 4.69) is 31.1 Å². The summed E-state index contributed by atoms with van der Waals surface area (Å²) in [5, 5.41) is 3.63. The summed E-state index contributed by atoms with van der Waals surface area (Å²) in [6.07, 6.45) is 2.46. The van der Waals surface area contributed by atoms with Crippen molar-refractivity contribution in [2.45, 2.75) is 12.6 Å². The molecule has 0 saturated carbocycles. The van der Waals surface area contributed by atoms with Gasteiger partial charge in [-0.05, 0) is 30.3 Å². The molecule has 1 saturated heterocycles. The fraction of sp³-hybridized carbons (Fsp3) is 0.316. The van der Waals surface area contributed by atoms with Crippen LogP contribution in [0, 0.1) is 0 Å². The highest BCUT2D eigenvalue weighted by atomic mass is 79.9. The summed E-state index contributed by atoms with van der Waals surface area (Å²) in [6, 6.07) is 8.67. The van der Waals surface area contributed by atoms with Gasteiger partial charge in [-0.25, -0.2) is 0 Å². The van der Waals surface area contributed by atoms with E-state index in [0.29, 0.717) is 36.8 Å². The number of hydrogen-bond acceptors (Lipinski definition) is 5. The van der Waals surface area contributed by atoms with Crippen molar-refractivity contribution in [3.05, 3.63) is 57.3 Å². The number of hydrogen-bond donors (Lipinski definition) is 1. The number of anilines is 1. The average Bonchev–Trinajstić information content (AvgIpc) is 2.69. The Kier molecular flexibility index (Phi) is 6.46. The summed E-state index contributed by atoms with van der Waals surface area (Å²) >= 11 is 9.28. The van der Waals surface area contributed by atoms with Crippen LogP contribution in [0.2, 0.25) is 5.02 Å². The molecule has 0 bridgehead atoms. The lowest BCUT2D eigenvalue weighted by molar-refractivity contribution is -0.113. The molecule has 2 heterocycles. The molecule has 8 heteroatoms. The third-order valence-corrected chi connectivity index (χ3v) is 5.29. The topological polar surface area (TPSA) is 65.5 Å². The van der Waals surface area contributed by atoms with Crippen molar-refractivity contribution in [2.24, 2.45) is 0 Å². The molecule has 1 unspecified atom stereocenters. The SMILES string of the molecule is CNc1ccc(Br)cc1C(=O)N1CCN(Cc2ccc(Cl)cn2)CC1C=O. The summed E-state index contributed by atoms with van der Waals surface area (Å²) in [5.74, 6) is -0.151. The first kappa shape index (κ1) is 19.8. The van der Waals surface area contributed by atoms with E-state index >= 15 is 0 Å². The van der Waals surface area contributed by atoms with Gasteiger partial charge in [0, 0.05) is 49.6 Å². The van der Waals surface area contributed by atoms with E-state index in [1.165, 1.54) is 0 Å². The first-order chi connectivity index (χ1) is 13.0. The molecular weight excluding hydrogens is 432 g/mol. The van der Waals surface area contributed by atoms with Gasteiger partial charge in [-0.1, -0.05) is 27.5 Å². The van der Waals surface area contributed by atoms with E-state index in [-0.39, 0.29) is 5.91 Å². The number of nitrogens with zero attached hydrogens (tertiary/aromatic N) is 3. The maximum absolute atomic E-state index is 13.1. The number of pyridine rings is 1. The predicted molar refractivity (Wildman–Crippen MR) is 109 cm³/mol. The molecule has 1 aromatic heterocycles. The number of piperazine rings is 1. The molecule has 1 fully saturated rings. The molecule has 27 heavy (non-hydrogen) atoms. The molecule has 1 N–H and O–H groups in total.